The second-order valence-electron chi connectivity index (χ2n) is 9.59. The van der Waals surface area contributed by atoms with Crippen LogP contribution in [0.25, 0.3) is 0 Å². The number of hydrogen-bond donors (Lipinski definition) is 2. The number of fused-ring (bicyclic) bond motifs is 2. The van der Waals surface area contributed by atoms with E-state index >= 15 is 0 Å². The fraction of sp³-hybridized carbons (Fsp3) is 0.538. The minimum atomic E-state index is 0.407. The quantitative estimate of drug-likeness (QED) is 0.629. The molecule has 3 fully saturated rings. The van der Waals surface area contributed by atoms with E-state index in [1.165, 1.54) is 24.0 Å². The van der Waals surface area contributed by atoms with E-state index in [1.54, 1.807) is 0 Å². The first-order chi connectivity index (χ1) is 13.6. The van der Waals surface area contributed by atoms with E-state index in [1.807, 2.05) is 0 Å². The summed E-state index contributed by atoms with van der Waals surface area (Å²) in [5, 5.41) is 7.57. The van der Waals surface area contributed by atoms with Crippen molar-refractivity contribution in [3.05, 3.63) is 71.8 Å². The molecule has 2 N–H and O–H groups in total. The van der Waals surface area contributed by atoms with Gasteiger partial charge in [0, 0.05) is 31.6 Å². The number of benzene rings is 2. The van der Waals surface area contributed by atoms with Crippen LogP contribution in [0.4, 0.5) is 0 Å². The van der Waals surface area contributed by atoms with Crippen LogP contribution in [0.5, 0.6) is 0 Å². The molecule has 0 saturated heterocycles. The molecule has 3 aliphatic carbocycles. The summed E-state index contributed by atoms with van der Waals surface area (Å²) < 4.78 is 0. The summed E-state index contributed by atoms with van der Waals surface area (Å²) in [6.45, 7) is 10.5. The summed E-state index contributed by atoms with van der Waals surface area (Å²) in [6, 6.07) is 22.5. The Kier molecular flexibility index (Phi) is 5.89. The van der Waals surface area contributed by atoms with Crippen LogP contribution in [0.1, 0.15) is 50.7 Å². The first kappa shape index (κ1) is 19.7. The molecule has 2 aromatic rings. The molecule has 3 saturated carbocycles. The number of rotatable bonds is 8. The minimum absolute atomic E-state index is 0.407. The van der Waals surface area contributed by atoms with Crippen LogP contribution in [0.2, 0.25) is 0 Å². The van der Waals surface area contributed by atoms with Crippen LogP contribution in [-0.2, 0) is 0 Å². The summed E-state index contributed by atoms with van der Waals surface area (Å²) in [5.74, 6) is 3.06. The van der Waals surface area contributed by atoms with Gasteiger partial charge in [0.25, 0.3) is 0 Å². The predicted molar refractivity (Wildman–Crippen MR) is 119 cm³/mol. The third-order valence-electron chi connectivity index (χ3n) is 7.81. The number of hydrogen-bond acceptors (Lipinski definition) is 2. The van der Waals surface area contributed by atoms with Crippen molar-refractivity contribution in [1.29, 1.82) is 0 Å². The molecule has 0 spiro atoms. The van der Waals surface area contributed by atoms with Gasteiger partial charge in [0.15, 0.2) is 0 Å². The molecule has 0 aromatic heterocycles. The smallest absolute Gasteiger partial charge is 0.0214 e. The third-order valence-corrected chi connectivity index (χ3v) is 7.81. The summed E-state index contributed by atoms with van der Waals surface area (Å²) in [4.78, 5) is 0. The normalized spacial score (nSPS) is 28.1. The maximum Gasteiger partial charge on any atom is 0.0214 e. The lowest BCUT2D eigenvalue weighted by Gasteiger charge is -2.62. The highest BCUT2D eigenvalue weighted by Crippen LogP contribution is 2.61. The minimum Gasteiger partial charge on any atom is -0.315 e. The molecule has 2 heteroatoms. The van der Waals surface area contributed by atoms with Crippen molar-refractivity contribution in [2.45, 2.75) is 45.6 Å². The molecule has 0 aliphatic heterocycles. The highest BCUT2D eigenvalue weighted by molar-refractivity contribution is 5.32. The van der Waals surface area contributed by atoms with Crippen molar-refractivity contribution in [3.63, 3.8) is 0 Å². The zero-order chi connectivity index (χ0) is 19.6. The van der Waals surface area contributed by atoms with Crippen molar-refractivity contribution < 1.29 is 0 Å². The van der Waals surface area contributed by atoms with Crippen LogP contribution in [-0.4, -0.2) is 25.7 Å². The molecule has 0 heterocycles. The Bertz CT molecular complexity index is 700. The molecule has 2 nitrogen and oxygen atoms in total. The first-order valence-corrected chi connectivity index (χ1v) is 11.1. The molecule has 2 aromatic carbocycles. The molecule has 150 valence electrons. The van der Waals surface area contributed by atoms with Crippen LogP contribution >= 0.6 is 0 Å². The van der Waals surface area contributed by atoms with Gasteiger partial charge in [-0.25, -0.2) is 0 Å². The van der Waals surface area contributed by atoms with E-state index in [2.05, 4.69) is 92.1 Å². The van der Waals surface area contributed by atoms with Crippen molar-refractivity contribution in [3.8, 4) is 0 Å². The second-order valence-corrected chi connectivity index (χ2v) is 9.59. The van der Waals surface area contributed by atoms with Gasteiger partial charge in [-0.1, -0.05) is 81.4 Å². The molecular formula is C26H36N2. The Morgan fingerprint density at radius 2 is 1.50 bits per heavy atom. The van der Waals surface area contributed by atoms with Gasteiger partial charge < -0.3 is 10.6 Å². The summed E-state index contributed by atoms with van der Waals surface area (Å²) in [5.41, 5.74) is 3.35. The lowest BCUT2D eigenvalue weighted by Crippen LogP contribution is -2.60. The van der Waals surface area contributed by atoms with Gasteiger partial charge in [-0.15, -0.1) is 0 Å². The topological polar surface area (TPSA) is 24.1 Å². The predicted octanol–water partition coefficient (Wildman–Crippen LogP) is 5.07. The van der Waals surface area contributed by atoms with E-state index < -0.39 is 0 Å². The van der Waals surface area contributed by atoms with E-state index in [0.29, 0.717) is 17.4 Å². The molecule has 3 aliphatic rings. The van der Waals surface area contributed by atoms with Gasteiger partial charge in [-0.2, -0.15) is 0 Å². The molecule has 0 radical (unpaired) electrons. The van der Waals surface area contributed by atoms with Crippen molar-refractivity contribution in [1.82, 2.24) is 10.6 Å². The fourth-order valence-electron chi connectivity index (χ4n) is 5.81. The SMILES string of the molecule is C[C@@H]1[C@H](NCCNCC(c2ccccc2)c2ccccc2)C[C@H]2C[C@@H]1C2(C)C. The van der Waals surface area contributed by atoms with Crippen LogP contribution in [0.3, 0.4) is 0 Å². The Morgan fingerprint density at radius 1 is 0.893 bits per heavy atom. The highest BCUT2D eigenvalue weighted by atomic mass is 15.0. The summed E-state index contributed by atoms with van der Waals surface area (Å²) >= 11 is 0. The first-order valence-electron chi connectivity index (χ1n) is 11.1. The number of nitrogens with one attached hydrogen (secondary N) is 2. The van der Waals surface area contributed by atoms with Crippen molar-refractivity contribution >= 4 is 0 Å². The molecule has 4 atom stereocenters. The average molecular weight is 377 g/mol. The van der Waals surface area contributed by atoms with Crippen LogP contribution < -0.4 is 10.6 Å². The summed E-state index contributed by atoms with van der Waals surface area (Å²) in [7, 11) is 0. The van der Waals surface area contributed by atoms with Gasteiger partial charge >= 0.3 is 0 Å². The zero-order valence-electron chi connectivity index (χ0n) is 17.7. The highest BCUT2D eigenvalue weighted by Gasteiger charge is 2.55. The van der Waals surface area contributed by atoms with Gasteiger partial charge in [0.05, 0.1) is 0 Å². The Morgan fingerprint density at radius 3 is 2.04 bits per heavy atom. The molecule has 5 rings (SSSR count). The average Bonchev–Trinajstić information content (AvgIpc) is 2.72. The Labute approximate surface area is 171 Å². The fourth-order valence-corrected chi connectivity index (χ4v) is 5.81. The maximum atomic E-state index is 3.86. The van der Waals surface area contributed by atoms with Crippen molar-refractivity contribution in [2.24, 2.45) is 23.2 Å². The Hall–Kier alpha value is -1.64. The lowest BCUT2D eigenvalue weighted by atomic mass is 9.45. The largest absolute Gasteiger partial charge is 0.315 e. The maximum absolute atomic E-state index is 3.86. The standard InChI is InChI=1S/C26H36N2/c1-19-24-16-22(26(24,2)3)17-25(19)28-15-14-27-18-23(20-10-6-4-7-11-20)21-12-8-5-9-13-21/h4-13,19,22-25,27-28H,14-18H2,1-3H3/t19-,22+,24-,25+/m0/s1. The molecule has 0 unspecified atom stereocenters. The zero-order valence-corrected chi connectivity index (χ0v) is 17.7. The van der Waals surface area contributed by atoms with E-state index in [4.69, 9.17) is 0 Å². The van der Waals surface area contributed by atoms with E-state index in [9.17, 15) is 0 Å². The molecule has 0 amide bonds. The van der Waals surface area contributed by atoms with Gasteiger partial charge in [-0.05, 0) is 47.1 Å². The van der Waals surface area contributed by atoms with E-state index in [-0.39, 0.29) is 0 Å². The van der Waals surface area contributed by atoms with Gasteiger partial charge in [-0.3, -0.25) is 0 Å². The second kappa shape index (κ2) is 8.39. The van der Waals surface area contributed by atoms with Crippen LogP contribution in [0, 0.1) is 23.2 Å². The molecular weight excluding hydrogens is 340 g/mol. The van der Waals surface area contributed by atoms with E-state index in [0.717, 1.165) is 37.4 Å². The third kappa shape index (κ3) is 3.90. The van der Waals surface area contributed by atoms with Gasteiger partial charge in [0.1, 0.15) is 0 Å². The van der Waals surface area contributed by atoms with Gasteiger partial charge in [0.2, 0.25) is 0 Å². The lowest BCUT2D eigenvalue weighted by molar-refractivity contribution is -0.114. The van der Waals surface area contributed by atoms with Crippen molar-refractivity contribution in [2.75, 3.05) is 19.6 Å². The summed E-state index contributed by atoms with van der Waals surface area (Å²) in [6.07, 6.45) is 2.82. The van der Waals surface area contributed by atoms with Crippen LogP contribution in [0.15, 0.2) is 60.7 Å². The molecule has 28 heavy (non-hydrogen) atoms. The Balaban J connectivity index is 1.27. The molecule has 2 bridgehead atoms. The monoisotopic (exact) mass is 376 g/mol.